The standard InChI is InChI=1S/C15H12FNO5/c16-11-5-8(1-4-13(20)21)10-2-3-12(19)17-9(6-18)7-22-15(11)14(10)17/h1-5,9,18H,6-7H2,(H,20,21)/t9-/m1/s1. The lowest BCUT2D eigenvalue weighted by molar-refractivity contribution is -0.131. The van der Waals surface area contributed by atoms with Crippen LogP contribution in [0.25, 0.3) is 17.0 Å². The summed E-state index contributed by atoms with van der Waals surface area (Å²) in [6, 6.07) is 3.34. The number of aromatic nitrogens is 1. The molecule has 1 aliphatic heterocycles. The minimum absolute atomic E-state index is 0.0102. The van der Waals surface area contributed by atoms with Gasteiger partial charge in [0.2, 0.25) is 0 Å². The van der Waals surface area contributed by atoms with Crippen molar-refractivity contribution in [3.63, 3.8) is 0 Å². The number of ether oxygens (including phenoxy) is 1. The van der Waals surface area contributed by atoms with Gasteiger partial charge in [-0.15, -0.1) is 0 Å². The number of hydrogen-bond donors (Lipinski definition) is 2. The van der Waals surface area contributed by atoms with Crippen LogP contribution >= 0.6 is 0 Å². The van der Waals surface area contributed by atoms with Crippen molar-refractivity contribution in [2.24, 2.45) is 0 Å². The molecule has 2 heterocycles. The van der Waals surface area contributed by atoms with Gasteiger partial charge in [-0.25, -0.2) is 9.18 Å². The first kappa shape index (κ1) is 14.3. The fraction of sp³-hybridized carbons (Fsp3) is 0.200. The normalized spacial score (nSPS) is 16.9. The summed E-state index contributed by atoms with van der Waals surface area (Å²) in [5, 5.41) is 18.6. The van der Waals surface area contributed by atoms with Crippen LogP contribution in [0.3, 0.4) is 0 Å². The first-order valence-electron chi connectivity index (χ1n) is 6.55. The number of pyridine rings is 1. The Morgan fingerprint density at radius 2 is 2.27 bits per heavy atom. The van der Waals surface area contributed by atoms with E-state index in [1.54, 1.807) is 0 Å². The lowest BCUT2D eigenvalue weighted by Gasteiger charge is -2.27. The van der Waals surface area contributed by atoms with Crippen LogP contribution in [0.5, 0.6) is 5.75 Å². The van der Waals surface area contributed by atoms with E-state index in [0.29, 0.717) is 10.9 Å². The number of aliphatic carboxylic acids is 1. The number of nitrogens with zero attached hydrogens (tertiary/aromatic N) is 1. The average Bonchev–Trinajstić information content (AvgIpc) is 2.50. The van der Waals surface area contributed by atoms with Crippen molar-refractivity contribution < 1.29 is 24.1 Å². The number of benzene rings is 1. The Bertz CT molecular complexity index is 855. The second kappa shape index (κ2) is 5.27. The number of rotatable bonds is 3. The summed E-state index contributed by atoms with van der Waals surface area (Å²) in [6.07, 6.45) is 2.14. The molecule has 0 spiro atoms. The average molecular weight is 305 g/mol. The third-order valence-corrected chi connectivity index (χ3v) is 3.55. The van der Waals surface area contributed by atoms with Gasteiger partial charge in [-0.3, -0.25) is 9.36 Å². The Balaban J connectivity index is 2.38. The molecule has 0 amide bonds. The largest absolute Gasteiger partial charge is 0.486 e. The molecule has 2 N–H and O–H groups in total. The Morgan fingerprint density at radius 1 is 1.50 bits per heavy atom. The van der Waals surface area contributed by atoms with Crippen molar-refractivity contribution in [1.29, 1.82) is 0 Å². The second-order valence-corrected chi connectivity index (χ2v) is 4.90. The van der Waals surface area contributed by atoms with Crippen LogP contribution in [-0.4, -0.2) is 34.0 Å². The molecule has 0 radical (unpaired) electrons. The maximum absolute atomic E-state index is 14.2. The first-order chi connectivity index (χ1) is 10.5. The van der Waals surface area contributed by atoms with Gasteiger partial charge in [0.1, 0.15) is 6.61 Å². The molecule has 7 heteroatoms. The fourth-order valence-electron chi connectivity index (χ4n) is 2.60. The highest BCUT2D eigenvalue weighted by Gasteiger charge is 2.26. The van der Waals surface area contributed by atoms with Gasteiger partial charge < -0.3 is 14.9 Å². The predicted octanol–water partition coefficient (Wildman–Crippen LogP) is 1.16. The number of halogens is 1. The maximum Gasteiger partial charge on any atom is 0.328 e. The zero-order valence-corrected chi connectivity index (χ0v) is 11.3. The molecule has 1 aromatic carbocycles. The Labute approximate surface area is 123 Å². The number of aliphatic hydroxyl groups is 1. The van der Waals surface area contributed by atoms with Crippen LogP contribution in [0.2, 0.25) is 0 Å². The van der Waals surface area contributed by atoms with Gasteiger partial charge in [0.05, 0.1) is 18.2 Å². The monoisotopic (exact) mass is 305 g/mol. The van der Waals surface area contributed by atoms with E-state index in [4.69, 9.17) is 9.84 Å². The molecule has 6 nitrogen and oxygen atoms in total. The van der Waals surface area contributed by atoms with Crippen LogP contribution in [0.1, 0.15) is 11.6 Å². The van der Waals surface area contributed by atoms with E-state index in [0.717, 1.165) is 12.1 Å². The van der Waals surface area contributed by atoms with Gasteiger partial charge in [-0.05, 0) is 23.8 Å². The van der Waals surface area contributed by atoms with E-state index in [-0.39, 0.29) is 30.0 Å². The smallest absolute Gasteiger partial charge is 0.328 e. The number of carboxylic acid groups (broad SMARTS) is 1. The van der Waals surface area contributed by atoms with Gasteiger partial charge in [-0.2, -0.15) is 0 Å². The van der Waals surface area contributed by atoms with E-state index in [1.807, 2.05) is 0 Å². The summed E-state index contributed by atoms with van der Waals surface area (Å²) in [6.45, 7) is -0.334. The topological polar surface area (TPSA) is 88.8 Å². The van der Waals surface area contributed by atoms with Gasteiger partial charge in [0.15, 0.2) is 11.6 Å². The summed E-state index contributed by atoms with van der Waals surface area (Å²) in [5.74, 6) is -1.92. The van der Waals surface area contributed by atoms with Gasteiger partial charge in [0.25, 0.3) is 5.56 Å². The summed E-state index contributed by atoms with van der Waals surface area (Å²) in [4.78, 5) is 22.7. The highest BCUT2D eigenvalue weighted by Crippen LogP contribution is 2.36. The molecule has 2 aromatic rings. The molecule has 1 aromatic heterocycles. The molecular formula is C15H12FNO5. The summed E-state index contributed by atoms with van der Waals surface area (Å²) < 4.78 is 20.8. The zero-order valence-electron chi connectivity index (χ0n) is 11.3. The van der Waals surface area contributed by atoms with Crippen LogP contribution in [0, 0.1) is 5.82 Å². The molecule has 0 unspecified atom stereocenters. The van der Waals surface area contributed by atoms with E-state index in [9.17, 15) is 19.1 Å². The van der Waals surface area contributed by atoms with Crippen molar-refractivity contribution in [1.82, 2.24) is 4.57 Å². The summed E-state index contributed by atoms with van der Waals surface area (Å²) >= 11 is 0. The summed E-state index contributed by atoms with van der Waals surface area (Å²) in [7, 11) is 0. The molecule has 0 bridgehead atoms. The number of aliphatic hydroxyl groups excluding tert-OH is 1. The minimum atomic E-state index is -1.16. The Hall–Kier alpha value is -2.67. The number of carbonyl (C=O) groups is 1. The molecule has 22 heavy (non-hydrogen) atoms. The third kappa shape index (κ3) is 2.15. The van der Waals surface area contributed by atoms with Crippen molar-refractivity contribution in [2.75, 3.05) is 13.2 Å². The molecule has 1 atom stereocenters. The molecule has 0 aliphatic carbocycles. The van der Waals surface area contributed by atoms with Crippen molar-refractivity contribution in [3.8, 4) is 5.75 Å². The Kier molecular flexibility index (Phi) is 3.42. The van der Waals surface area contributed by atoms with Crippen molar-refractivity contribution in [3.05, 3.63) is 46.0 Å². The molecule has 0 fully saturated rings. The molecule has 0 saturated heterocycles. The van der Waals surface area contributed by atoms with Crippen LogP contribution in [0.4, 0.5) is 4.39 Å². The predicted molar refractivity (Wildman–Crippen MR) is 76.5 cm³/mol. The second-order valence-electron chi connectivity index (χ2n) is 4.90. The van der Waals surface area contributed by atoms with Crippen LogP contribution < -0.4 is 10.3 Å². The summed E-state index contributed by atoms with van der Waals surface area (Å²) in [5.41, 5.74) is 0.160. The van der Waals surface area contributed by atoms with E-state index in [1.165, 1.54) is 22.8 Å². The lowest BCUT2D eigenvalue weighted by atomic mass is 10.0. The van der Waals surface area contributed by atoms with Crippen molar-refractivity contribution >= 4 is 22.9 Å². The number of carboxylic acids is 1. The first-order valence-corrected chi connectivity index (χ1v) is 6.55. The van der Waals surface area contributed by atoms with Crippen molar-refractivity contribution in [2.45, 2.75) is 6.04 Å². The molecule has 114 valence electrons. The molecule has 0 saturated carbocycles. The minimum Gasteiger partial charge on any atom is -0.486 e. The van der Waals surface area contributed by atoms with Gasteiger partial charge in [-0.1, -0.05) is 0 Å². The quantitative estimate of drug-likeness (QED) is 0.831. The van der Waals surface area contributed by atoms with E-state index in [2.05, 4.69) is 0 Å². The zero-order chi connectivity index (χ0) is 15.9. The molecule has 1 aliphatic rings. The van der Waals surface area contributed by atoms with Gasteiger partial charge in [0, 0.05) is 17.5 Å². The lowest BCUT2D eigenvalue weighted by Crippen LogP contribution is -2.34. The van der Waals surface area contributed by atoms with Crippen LogP contribution in [-0.2, 0) is 4.79 Å². The fourth-order valence-corrected chi connectivity index (χ4v) is 2.60. The van der Waals surface area contributed by atoms with Crippen LogP contribution in [0.15, 0.2) is 29.1 Å². The SMILES string of the molecule is O=C(O)C=Cc1cc(F)c2c3c1ccc(=O)n3[C@H](CO)CO2. The number of hydrogen-bond acceptors (Lipinski definition) is 4. The molecule has 3 rings (SSSR count). The maximum atomic E-state index is 14.2. The Morgan fingerprint density at radius 3 is 2.95 bits per heavy atom. The van der Waals surface area contributed by atoms with Gasteiger partial charge >= 0.3 is 5.97 Å². The van der Waals surface area contributed by atoms with E-state index >= 15 is 0 Å². The molecular weight excluding hydrogens is 293 g/mol. The highest BCUT2D eigenvalue weighted by molar-refractivity contribution is 5.96. The third-order valence-electron chi connectivity index (χ3n) is 3.55. The highest BCUT2D eigenvalue weighted by atomic mass is 19.1. The van der Waals surface area contributed by atoms with E-state index < -0.39 is 17.8 Å².